The second-order valence-corrected chi connectivity index (χ2v) is 14.3. The first kappa shape index (κ1) is 41.6. The molecule has 0 aliphatic carbocycles. The average Bonchev–Trinajstić information content (AvgIpc) is 3.94. The molecule has 6 aromatic rings. The molecule has 58 heavy (non-hydrogen) atoms. The lowest BCUT2D eigenvalue weighted by Crippen LogP contribution is -2.25. The number of nitrogens with zero attached hydrogens (tertiary/aromatic N) is 6. The summed E-state index contributed by atoms with van der Waals surface area (Å²) in [7, 11) is 0. The van der Waals surface area contributed by atoms with Crippen molar-refractivity contribution in [2.45, 2.75) is 78.7 Å². The van der Waals surface area contributed by atoms with Crippen LogP contribution in [0.15, 0.2) is 72.8 Å². The minimum atomic E-state index is -0.589. The fraction of sp³-hybridized carbons (Fsp3) is 0.381. The van der Waals surface area contributed by atoms with Gasteiger partial charge in [0.1, 0.15) is 42.6 Å². The monoisotopic (exact) mass is 794 g/mol. The van der Waals surface area contributed by atoms with Crippen LogP contribution in [0.1, 0.15) is 51.7 Å². The van der Waals surface area contributed by atoms with Gasteiger partial charge in [-0.25, -0.2) is 14.5 Å². The molecule has 0 N–H and O–H groups in total. The second-order valence-electron chi connectivity index (χ2n) is 14.3. The first-order valence-electron chi connectivity index (χ1n) is 18.7. The molecule has 2 fully saturated rings. The number of rotatable bonds is 11. The van der Waals surface area contributed by atoms with Gasteiger partial charge in [-0.1, -0.05) is 31.2 Å². The van der Waals surface area contributed by atoms with Crippen molar-refractivity contribution in [3.05, 3.63) is 89.9 Å². The number of benzene rings is 2. The van der Waals surface area contributed by atoms with Gasteiger partial charge in [-0.3, -0.25) is 4.79 Å². The number of aryl methyl sites for hydroxylation is 3. The number of ether oxygens (including phenoxy) is 7. The van der Waals surface area contributed by atoms with Crippen molar-refractivity contribution in [1.29, 1.82) is 0 Å². The van der Waals surface area contributed by atoms with E-state index in [0.29, 0.717) is 61.6 Å². The maximum atomic E-state index is 10.8. The van der Waals surface area contributed by atoms with Gasteiger partial charge in [0.15, 0.2) is 22.9 Å². The third-order valence-electron chi connectivity index (χ3n) is 9.17. The Morgan fingerprint density at radius 1 is 0.724 bits per heavy atom. The lowest BCUT2D eigenvalue weighted by molar-refractivity contribution is -0.191. The zero-order valence-corrected chi connectivity index (χ0v) is 33.5. The van der Waals surface area contributed by atoms with Crippen molar-refractivity contribution in [2.24, 2.45) is 0 Å². The predicted molar refractivity (Wildman–Crippen MR) is 208 cm³/mol. The summed E-state index contributed by atoms with van der Waals surface area (Å²) in [6.45, 7) is 15.7. The molecule has 2 saturated heterocycles. The van der Waals surface area contributed by atoms with E-state index in [9.17, 15) is 4.79 Å². The number of hydrogen-bond donors (Lipinski definition) is 0. The predicted octanol–water partition coefficient (Wildman–Crippen LogP) is 5.98. The van der Waals surface area contributed by atoms with E-state index in [1.54, 1.807) is 6.92 Å². The molecule has 0 unspecified atom stereocenters. The Kier molecular flexibility index (Phi) is 12.9. The minimum Gasteiger partial charge on any atom is -0.490 e. The van der Waals surface area contributed by atoms with Crippen LogP contribution in [0.2, 0.25) is 0 Å². The molecular formula is C42H46N6O10. The van der Waals surface area contributed by atoms with Gasteiger partial charge in [-0.15, -0.1) is 0 Å². The van der Waals surface area contributed by atoms with Crippen LogP contribution in [-0.2, 0) is 39.8 Å². The van der Waals surface area contributed by atoms with Crippen molar-refractivity contribution in [1.82, 2.24) is 29.2 Å². The van der Waals surface area contributed by atoms with Crippen LogP contribution in [0.3, 0.4) is 0 Å². The Hall–Kier alpha value is -6.03. The first-order valence-corrected chi connectivity index (χ1v) is 18.7. The molecule has 16 nitrogen and oxygen atoms in total. The molecule has 2 aliphatic heterocycles. The maximum Gasteiger partial charge on any atom is 0.373 e. The summed E-state index contributed by atoms with van der Waals surface area (Å²) in [5, 5.41) is 9.40. The zero-order chi connectivity index (χ0) is 41.5. The quantitative estimate of drug-likeness (QED) is 0.140. The largest absolute Gasteiger partial charge is 0.490 e. The van der Waals surface area contributed by atoms with E-state index >= 15 is 0 Å². The maximum absolute atomic E-state index is 10.8. The highest BCUT2D eigenvalue weighted by Gasteiger charge is 2.34. The number of imidazole rings is 2. The fourth-order valence-corrected chi connectivity index (χ4v) is 6.65. The summed E-state index contributed by atoms with van der Waals surface area (Å²) in [5.41, 5.74) is 7.48. The fourth-order valence-electron chi connectivity index (χ4n) is 6.65. The molecule has 304 valence electrons. The Morgan fingerprint density at radius 3 is 1.66 bits per heavy atom. The van der Waals surface area contributed by atoms with Gasteiger partial charge in [0, 0.05) is 11.1 Å². The Bertz CT molecular complexity index is 2400. The summed E-state index contributed by atoms with van der Waals surface area (Å²) in [6, 6.07) is 23.2. The van der Waals surface area contributed by atoms with Crippen molar-refractivity contribution < 1.29 is 47.5 Å². The minimum absolute atomic E-state index is 0.0773. The third kappa shape index (κ3) is 9.73. The van der Waals surface area contributed by atoms with Crippen LogP contribution in [0.4, 0.5) is 0 Å². The van der Waals surface area contributed by atoms with E-state index in [1.165, 1.54) is 4.52 Å². The number of fused-ring (bicyclic) bond motifs is 2. The van der Waals surface area contributed by atoms with Crippen LogP contribution in [0.5, 0.6) is 17.4 Å². The van der Waals surface area contributed by atoms with Gasteiger partial charge in [-0.05, 0) is 96.5 Å². The van der Waals surface area contributed by atoms with Crippen LogP contribution >= 0.6 is 0 Å². The van der Waals surface area contributed by atoms with Crippen molar-refractivity contribution in [3.63, 3.8) is 0 Å². The molecule has 0 spiro atoms. The number of aromatic nitrogens is 6. The van der Waals surface area contributed by atoms with E-state index in [0.717, 1.165) is 46.0 Å². The third-order valence-corrected chi connectivity index (χ3v) is 9.17. The SMILES string of the molecule is CCc1c(C)nc2ccc(-c3ccccc3OC[C@@H]3COC(C)(C)O3)nn12.Cc1nc2ccc(-c3ccccc3OC[C@@H]3COC(C)(C)O3)nn2c1OC=O.O=C=O. The molecular weight excluding hydrogens is 748 g/mol. The summed E-state index contributed by atoms with van der Waals surface area (Å²) in [4.78, 5) is 36.0. The normalized spacial score (nSPS) is 17.8. The smallest absolute Gasteiger partial charge is 0.373 e. The molecule has 2 atom stereocenters. The highest BCUT2D eigenvalue weighted by Crippen LogP contribution is 2.32. The molecule has 0 radical (unpaired) electrons. The van der Waals surface area contributed by atoms with Gasteiger partial charge in [0.05, 0.1) is 36.0 Å². The molecule has 2 aromatic carbocycles. The van der Waals surface area contributed by atoms with E-state index < -0.39 is 11.6 Å². The van der Waals surface area contributed by atoms with Crippen molar-refractivity contribution >= 4 is 23.9 Å². The van der Waals surface area contributed by atoms with Crippen LogP contribution in [0, 0.1) is 13.8 Å². The van der Waals surface area contributed by atoms with Crippen LogP contribution < -0.4 is 14.2 Å². The molecule has 8 rings (SSSR count). The first-order chi connectivity index (χ1) is 27.8. The number of carbonyl (C=O) groups excluding carboxylic acids is 3. The van der Waals surface area contributed by atoms with Crippen LogP contribution in [0.25, 0.3) is 33.8 Å². The average molecular weight is 795 g/mol. The van der Waals surface area contributed by atoms with Crippen LogP contribution in [-0.4, -0.2) is 92.0 Å². The molecule has 0 amide bonds. The van der Waals surface area contributed by atoms with Gasteiger partial charge in [0.25, 0.3) is 6.47 Å². The number of para-hydroxylation sites is 2. The van der Waals surface area contributed by atoms with E-state index in [2.05, 4.69) is 22.0 Å². The van der Waals surface area contributed by atoms with Gasteiger partial charge < -0.3 is 33.2 Å². The number of hydrogen-bond acceptors (Lipinski definition) is 14. The van der Waals surface area contributed by atoms with E-state index in [4.69, 9.17) is 47.8 Å². The van der Waals surface area contributed by atoms with Gasteiger partial charge >= 0.3 is 6.15 Å². The van der Waals surface area contributed by atoms with Crippen molar-refractivity contribution in [3.8, 4) is 39.9 Å². The Labute approximate surface area is 335 Å². The summed E-state index contributed by atoms with van der Waals surface area (Å²) in [5.74, 6) is 0.624. The van der Waals surface area contributed by atoms with Crippen molar-refractivity contribution in [2.75, 3.05) is 26.4 Å². The summed E-state index contributed by atoms with van der Waals surface area (Å²) >= 11 is 0. The molecule has 16 heteroatoms. The molecule has 4 aromatic heterocycles. The Morgan fingerprint density at radius 2 is 1.19 bits per heavy atom. The standard InChI is InChI=1S/C21H25N3O3.C20H21N3O5.CO2/c1-5-18-14(2)22-20-11-10-17(23-24(18)20)16-8-6-7-9-19(16)25-12-15-13-26-21(3,4)27-15;1-13-19(26-12-24)23-18(21-13)9-8-16(22-23)15-6-4-5-7-17(15)25-10-14-11-27-20(2,3)28-14;2-1-3/h6-11,15H,5,12-13H2,1-4H3;4-9,12,14H,10-11H2,1-3H3;/t15-;14-;/m11./s1. The highest BCUT2D eigenvalue weighted by molar-refractivity contribution is 5.69. The van der Waals surface area contributed by atoms with E-state index in [1.807, 2.05) is 112 Å². The number of carbonyl (C=O) groups is 1. The van der Waals surface area contributed by atoms with E-state index in [-0.39, 0.29) is 18.4 Å². The molecule has 2 aliphatic rings. The lowest BCUT2D eigenvalue weighted by Gasteiger charge is -2.18. The molecule has 0 bridgehead atoms. The highest BCUT2D eigenvalue weighted by atomic mass is 16.8. The topological polar surface area (TPSA) is 176 Å². The second kappa shape index (κ2) is 18.1. The van der Waals surface area contributed by atoms with Gasteiger partial charge in [-0.2, -0.15) is 24.3 Å². The van der Waals surface area contributed by atoms with Gasteiger partial charge in [0.2, 0.25) is 5.88 Å². The lowest BCUT2D eigenvalue weighted by atomic mass is 10.1. The summed E-state index contributed by atoms with van der Waals surface area (Å²) in [6.07, 6.45) is 0.921. The molecule has 6 heterocycles. The summed E-state index contributed by atoms with van der Waals surface area (Å²) < 4.78 is 43.4. The molecule has 0 saturated carbocycles. The zero-order valence-electron chi connectivity index (χ0n) is 33.5. The Balaban J connectivity index is 0.000000183.